The maximum Gasteiger partial charge on any atom is 0.386 e. The van der Waals surface area contributed by atoms with Crippen molar-refractivity contribution in [2.24, 2.45) is 11.8 Å². The van der Waals surface area contributed by atoms with Crippen LogP contribution >= 0.6 is 0 Å². The van der Waals surface area contributed by atoms with Gasteiger partial charge in [0, 0.05) is 0 Å². The van der Waals surface area contributed by atoms with Gasteiger partial charge in [0.1, 0.15) is 0 Å². The summed E-state index contributed by atoms with van der Waals surface area (Å²) in [5.41, 5.74) is -0.735. The van der Waals surface area contributed by atoms with Crippen molar-refractivity contribution in [1.82, 2.24) is 0 Å². The van der Waals surface area contributed by atoms with Crippen molar-refractivity contribution >= 4 is 0 Å². The molecule has 0 unspecified atom stereocenters. The second-order valence-electron chi connectivity index (χ2n) is 9.40. The standard InChI is InChI=1S/C25H36F4O/c1-3-5-17-7-11-19(12-8-17)21-15-16-22(24(27)23(21)26)25(28,29)30-20-13-9-18(6-4-2)10-14-20/h15-20H,3-14H2,1-2H3. The van der Waals surface area contributed by atoms with Crippen molar-refractivity contribution in [2.45, 2.75) is 109 Å². The molecule has 0 radical (unpaired) electrons. The molecule has 5 heteroatoms. The molecule has 0 aromatic heterocycles. The Morgan fingerprint density at radius 2 is 1.33 bits per heavy atom. The molecule has 0 heterocycles. The molecule has 2 saturated carbocycles. The summed E-state index contributed by atoms with van der Waals surface area (Å²) in [5.74, 6) is -1.47. The van der Waals surface area contributed by atoms with Crippen LogP contribution in [-0.2, 0) is 10.8 Å². The number of rotatable bonds is 8. The SMILES string of the molecule is CCCC1CCC(OC(F)(F)c2ccc(C3CCC(CCC)CC3)c(F)c2F)CC1. The van der Waals surface area contributed by atoms with Crippen LogP contribution in [0, 0.1) is 23.5 Å². The normalized spacial score (nSPS) is 27.9. The molecule has 3 rings (SSSR count). The quantitative estimate of drug-likeness (QED) is 0.377. The van der Waals surface area contributed by atoms with E-state index in [4.69, 9.17) is 4.74 Å². The average Bonchev–Trinajstić information content (AvgIpc) is 2.72. The van der Waals surface area contributed by atoms with Gasteiger partial charge >= 0.3 is 6.11 Å². The Morgan fingerprint density at radius 1 is 0.800 bits per heavy atom. The fourth-order valence-corrected chi connectivity index (χ4v) is 5.49. The first-order valence-electron chi connectivity index (χ1n) is 11.9. The number of benzene rings is 1. The molecule has 0 saturated heterocycles. The number of alkyl halides is 2. The predicted octanol–water partition coefficient (Wildman–Crippen LogP) is 8.46. The highest BCUT2D eigenvalue weighted by Gasteiger charge is 2.41. The van der Waals surface area contributed by atoms with E-state index in [1.807, 2.05) is 0 Å². The molecule has 0 amide bonds. The molecule has 2 aliphatic rings. The molecular formula is C25H36F4O. The van der Waals surface area contributed by atoms with Gasteiger partial charge in [-0.25, -0.2) is 8.78 Å². The van der Waals surface area contributed by atoms with E-state index in [9.17, 15) is 17.6 Å². The van der Waals surface area contributed by atoms with Crippen LogP contribution < -0.4 is 0 Å². The summed E-state index contributed by atoms with van der Waals surface area (Å²) < 4.78 is 63.9. The zero-order chi connectivity index (χ0) is 21.7. The largest absolute Gasteiger partial charge is 0.386 e. The highest BCUT2D eigenvalue weighted by Crippen LogP contribution is 2.42. The van der Waals surface area contributed by atoms with E-state index in [1.54, 1.807) is 0 Å². The third kappa shape index (κ3) is 5.57. The van der Waals surface area contributed by atoms with Gasteiger partial charge in [-0.05, 0) is 80.8 Å². The Bertz CT molecular complexity index is 674. The lowest BCUT2D eigenvalue weighted by Crippen LogP contribution is -2.30. The summed E-state index contributed by atoms with van der Waals surface area (Å²) in [6, 6.07) is 2.39. The lowest BCUT2D eigenvalue weighted by molar-refractivity contribution is -0.279. The fraction of sp³-hybridized carbons (Fsp3) is 0.760. The zero-order valence-electron chi connectivity index (χ0n) is 18.4. The first-order chi connectivity index (χ1) is 14.4. The Kier molecular flexibility index (Phi) is 8.23. The summed E-state index contributed by atoms with van der Waals surface area (Å²) in [5, 5.41) is 0. The van der Waals surface area contributed by atoms with E-state index >= 15 is 0 Å². The Morgan fingerprint density at radius 3 is 1.87 bits per heavy atom. The maximum atomic E-state index is 14.8. The van der Waals surface area contributed by atoms with Gasteiger partial charge in [0.15, 0.2) is 11.6 Å². The van der Waals surface area contributed by atoms with Crippen molar-refractivity contribution in [3.8, 4) is 0 Å². The van der Waals surface area contributed by atoms with Crippen LogP contribution in [0.2, 0.25) is 0 Å². The number of halogens is 4. The van der Waals surface area contributed by atoms with Crippen LogP contribution in [0.5, 0.6) is 0 Å². The van der Waals surface area contributed by atoms with Crippen molar-refractivity contribution in [3.63, 3.8) is 0 Å². The molecule has 2 fully saturated rings. The van der Waals surface area contributed by atoms with Crippen molar-refractivity contribution < 1.29 is 22.3 Å². The minimum absolute atomic E-state index is 0.0926. The molecule has 2 aliphatic carbocycles. The number of hydrogen-bond acceptors (Lipinski definition) is 1. The summed E-state index contributed by atoms with van der Waals surface area (Å²) in [7, 11) is 0. The van der Waals surface area contributed by atoms with E-state index in [0.29, 0.717) is 24.7 Å². The van der Waals surface area contributed by atoms with E-state index < -0.39 is 29.4 Å². The number of ether oxygens (including phenoxy) is 1. The second kappa shape index (κ2) is 10.5. The van der Waals surface area contributed by atoms with Gasteiger partial charge in [-0.3, -0.25) is 0 Å². The van der Waals surface area contributed by atoms with Crippen LogP contribution in [0.3, 0.4) is 0 Å². The topological polar surface area (TPSA) is 9.23 Å². The van der Waals surface area contributed by atoms with E-state index in [0.717, 1.165) is 70.3 Å². The van der Waals surface area contributed by atoms with Gasteiger partial charge in [0.05, 0.1) is 11.7 Å². The lowest BCUT2D eigenvalue weighted by atomic mass is 9.77. The Labute approximate surface area is 178 Å². The smallest absolute Gasteiger partial charge is 0.313 e. The van der Waals surface area contributed by atoms with Crippen LogP contribution in [0.1, 0.15) is 108 Å². The van der Waals surface area contributed by atoms with Gasteiger partial charge in [-0.1, -0.05) is 45.6 Å². The molecule has 0 atom stereocenters. The predicted molar refractivity (Wildman–Crippen MR) is 112 cm³/mol. The molecule has 170 valence electrons. The zero-order valence-corrected chi connectivity index (χ0v) is 18.4. The third-order valence-electron chi connectivity index (χ3n) is 7.21. The monoisotopic (exact) mass is 428 g/mol. The minimum atomic E-state index is -3.81. The molecule has 0 spiro atoms. The third-order valence-corrected chi connectivity index (χ3v) is 7.21. The molecule has 0 N–H and O–H groups in total. The first kappa shape index (κ1) is 23.6. The molecule has 0 aliphatic heterocycles. The van der Waals surface area contributed by atoms with Crippen LogP contribution in [0.4, 0.5) is 17.6 Å². The molecular weight excluding hydrogens is 392 g/mol. The molecule has 0 bridgehead atoms. The van der Waals surface area contributed by atoms with Crippen LogP contribution in [-0.4, -0.2) is 6.10 Å². The van der Waals surface area contributed by atoms with Gasteiger partial charge < -0.3 is 4.74 Å². The van der Waals surface area contributed by atoms with Crippen molar-refractivity contribution in [2.75, 3.05) is 0 Å². The Balaban J connectivity index is 1.65. The van der Waals surface area contributed by atoms with Crippen molar-refractivity contribution in [3.05, 3.63) is 34.9 Å². The maximum absolute atomic E-state index is 14.8. The lowest BCUT2D eigenvalue weighted by Gasteiger charge is -2.32. The highest BCUT2D eigenvalue weighted by atomic mass is 19.3. The van der Waals surface area contributed by atoms with Gasteiger partial charge in [0.25, 0.3) is 0 Å². The average molecular weight is 429 g/mol. The molecule has 1 aromatic carbocycles. The molecule has 1 aromatic rings. The summed E-state index contributed by atoms with van der Waals surface area (Å²) in [6.45, 7) is 4.27. The fourth-order valence-electron chi connectivity index (χ4n) is 5.49. The van der Waals surface area contributed by atoms with Crippen LogP contribution in [0.15, 0.2) is 12.1 Å². The van der Waals surface area contributed by atoms with Gasteiger partial charge in [0.2, 0.25) is 0 Å². The first-order valence-corrected chi connectivity index (χ1v) is 11.9. The van der Waals surface area contributed by atoms with Gasteiger partial charge in [-0.15, -0.1) is 0 Å². The van der Waals surface area contributed by atoms with E-state index in [-0.39, 0.29) is 11.5 Å². The Hall–Kier alpha value is -1.10. The highest BCUT2D eigenvalue weighted by molar-refractivity contribution is 5.31. The molecule has 1 nitrogen and oxygen atoms in total. The number of hydrogen-bond donors (Lipinski definition) is 0. The van der Waals surface area contributed by atoms with E-state index in [1.165, 1.54) is 6.07 Å². The van der Waals surface area contributed by atoms with E-state index in [2.05, 4.69) is 13.8 Å². The summed E-state index contributed by atoms with van der Waals surface area (Å²) in [4.78, 5) is 0. The minimum Gasteiger partial charge on any atom is -0.313 e. The van der Waals surface area contributed by atoms with Crippen LogP contribution in [0.25, 0.3) is 0 Å². The second-order valence-corrected chi connectivity index (χ2v) is 9.40. The molecule has 30 heavy (non-hydrogen) atoms. The van der Waals surface area contributed by atoms with Crippen molar-refractivity contribution in [1.29, 1.82) is 0 Å². The van der Waals surface area contributed by atoms with Gasteiger partial charge in [-0.2, -0.15) is 8.78 Å². The summed E-state index contributed by atoms with van der Waals surface area (Å²) >= 11 is 0. The summed E-state index contributed by atoms with van der Waals surface area (Å²) in [6.07, 6.45) is 6.39.